The molecule has 5 rings (SSSR count). The van der Waals surface area contributed by atoms with E-state index in [9.17, 15) is 19.5 Å². The molecule has 0 bridgehead atoms. The van der Waals surface area contributed by atoms with Gasteiger partial charge in [0, 0.05) is 29.5 Å². The molecule has 0 aliphatic heterocycles. The van der Waals surface area contributed by atoms with Crippen LogP contribution in [0.5, 0.6) is 11.5 Å². The number of nitrogens with zero attached hydrogens (tertiary/aromatic N) is 5. The molecule has 5 aromatic rings. The Labute approximate surface area is 359 Å². The summed E-state index contributed by atoms with van der Waals surface area (Å²) in [5, 5.41) is 18.3. The highest BCUT2D eigenvalue weighted by Crippen LogP contribution is 2.36. The largest absolute Gasteiger partial charge is 0.506 e. The van der Waals surface area contributed by atoms with Gasteiger partial charge in [0.05, 0.1) is 24.0 Å². The Morgan fingerprint density at radius 1 is 0.733 bits per heavy atom. The van der Waals surface area contributed by atoms with E-state index in [0.29, 0.717) is 52.1 Å². The third-order valence-corrected chi connectivity index (χ3v) is 11.8. The molecule has 322 valence electrons. The minimum absolute atomic E-state index is 0.0850. The van der Waals surface area contributed by atoms with Gasteiger partial charge in [-0.2, -0.15) is 11.8 Å². The summed E-state index contributed by atoms with van der Waals surface area (Å²) < 4.78 is 6.78. The van der Waals surface area contributed by atoms with Gasteiger partial charge in [-0.25, -0.2) is 24.3 Å². The van der Waals surface area contributed by atoms with Gasteiger partial charge in [-0.15, -0.1) is 0 Å². The minimum Gasteiger partial charge on any atom is -0.506 e. The molecule has 2 heterocycles. The van der Waals surface area contributed by atoms with Crippen LogP contribution >= 0.6 is 11.8 Å². The van der Waals surface area contributed by atoms with Crippen molar-refractivity contribution in [3.05, 3.63) is 72.8 Å². The highest BCUT2D eigenvalue weighted by molar-refractivity contribution is 7.99. The summed E-state index contributed by atoms with van der Waals surface area (Å²) in [6, 6.07) is 15.4. The van der Waals surface area contributed by atoms with Crippen LogP contribution in [0.15, 0.2) is 67.3 Å². The van der Waals surface area contributed by atoms with Gasteiger partial charge in [-0.05, 0) is 42.9 Å². The van der Waals surface area contributed by atoms with Crippen molar-refractivity contribution in [2.45, 2.75) is 123 Å². The molecule has 60 heavy (non-hydrogen) atoms. The number of unbranched alkanes of at least 4 members (excludes halogenated alkanes) is 14. The summed E-state index contributed by atoms with van der Waals surface area (Å²) in [5.74, 6) is 1.63. The van der Waals surface area contributed by atoms with E-state index in [-0.39, 0.29) is 34.7 Å². The number of anilines is 3. The van der Waals surface area contributed by atoms with E-state index in [1.54, 1.807) is 59.1 Å². The van der Waals surface area contributed by atoms with E-state index >= 15 is 0 Å². The third kappa shape index (κ3) is 12.9. The Bertz CT molecular complexity index is 2140. The summed E-state index contributed by atoms with van der Waals surface area (Å²) in [5.41, 5.74) is 1.72. The van der Waals surface area contributed by atoms with Crippen molar-refractivity contribution in [3.63, 3.8) is 0 Å². The standard InChI is InChI=1S/C47H63N7O5S/c1-4-6-8-10-11-12-13-14-15-16-17-20-30-53(39-25-22-23-36-35(39)27-28-37(43(36)56)46(57)51-38-24-18-19-26-40(38)59-3)47(58)54-34-50-42-44(48-33-49-45(42)54)52-41(55)29-32-60-31-21-9-7-5-2/h18-19,22-28,33-34,56H,4-17,20-21,29-32H2,1-3H3,(H,51,57)(H,48,49,52,55). The maximum absolute atomic E-state index is 14.7. The van der Waals surface area contributed by atoms with Crippen molar-refractivity contribution in [2.24, 2.45) is 0 Å². The zero-order valence-corrected chi connectivity index (χ0v) is 36.5. The van der Waals surface area contributed by atoms with Crippen LogP contribution in [0.4, 0.5) is 22.0 Å². The molecule has 0 spiro atoms. The molecule has 0 saturated heterocycles. The molecular formula is C47H63N7O5S. The predicted octanol–water partition coefficient (Wildman–Crippen LogP) is 11.8. The Morgan fingerprint density at radius 3 is 2.13 bits per heavy atom. The van der Waals surface area contributed by atoms with Crippen LogP contribution in [0, 0.1) is 0 Å². The lowest BCUT2D eigenvalue weighted by Crippen LogP contribution is -2.35. The molecule has 0 unspecified atom stereocenters. The third-order valence-electron chi connectivity index (χ3n) is 10.8. The molecule has 0 radical (unpaired) electrons. The molecule has 13 heteroatoms. The first kappa shape index (κ1) is 45.9. The number of phenols is 1. The number of hydrogen-bond donors (Lipinski definition) is 3. The van der Waals surface area contributed by atoms with E-state index in [2.05, 4.69) is 39.4 Å². The monoisotopic (exact) mass is 837 g/mol. The van der Waals surface area contributed by atoms with Gasteiger partial charge >= 0.3 is 6.03 Å². The topological polar surface area (TPSA) is 152 Å². The fraction of sp³-hybridized carbons (Fsp3) is 0.489. The normalized spacial score (nSPS) is 11.2. The van der Waals surface area contributed by atoms with Gasteiger partial charge < -0.3 is 20.5 Å². The van der Waals surface area contributed by atoms with Crippen LogP contribution in [-0.2, 0) is 4.79 Å². The average Bonchev–Trinajstić information content (AvgIpc) is 3.70. The molecule has 0 saturated carbocycles. The highest BCUT2D eigenvalue weighted by atomic mass is 32.2. The van der Waals surface area contributed by atoms with Crippen molar-refractivity contribution in [2.75, 3.05) is 40.7 Å². The summed E-state index contributed by atoms with van der Waals surface area (Å²) >= 11 is 1.77. The maximum Gasteiger partial charge on any atom is 0.335 e. The Morgan fingerprint density at radius 2 is 1.42 bits per heavy atom. The number of aromatic nitrogens is 4. The average molecular weight is 838 g/mol. The van der Waals surface area contributed by atoms with Gasteiger partial charge in [0.25, 0.3) is 5.91 Å². The number of amides is 3. The molecule has 3 N–H and O–H groups in total. The first-order chi connectivity index (χ1) is 29.4. The highest BCUT2D eigenvalue weighted by Gasteiger charge is 2.25. The van der Waals surface area contributed by atoms with Gasteiger partial charge in [0.1, 0.15) is 24.2 Å². The quantitative estimate of drug-likeness (QED) is 0.0462. The number of rotatable bonds is 26. The van der Waals surface area contributed by atoms with Gasteiger partial charge in [-0.1, -0.05) is 134 Å². The van der Waals surface area contributed by atoms with Crippen LogP contribution < -0.4 is 20.3 Å². The number of thioether (sulfide) groups is 1. The number of aromatic hydroxyl groups is 1. The number of fused-ring (bicyclic) bond motifs is 2. The van der Waals surface area contributed by atoms with Gasteiger partial charge in [-0.3, -0.25) is 14.5 Å². The molecule has 3 amide bonds. The van der Waals surface area contributed by atoms with Crippen molar-refractivity contribution >= 4 is 68.7 Å². The number of carbonyl (C=O) groups is 3. The molecule has 2 aromatic heterocycles. The van der Waals surface area contributed by atoms with Gasteiger partial charge in [0.15, 0.2) is 17.0 Å². The first-order valence-electron chi connectivity index (χ1n) is 21.9. The number of benzene rings is 3. The zero-order chi connectivity index (χ0) is 42.5. The smallest absolute Gasteiger partial charge is 0.335 e. The fourth-order valence-electron chi connectivity index (χ4n) is 7.40. The summed E-state index contributed by atoms with van der Waals surface area (Å²) in [7, 11) is 1.53. The number of imidazole rings is 1. The van der Waals surface area contributed by atoms with Crippen molar-refractivity contribution in [1.29, 1.82) is 0 Å². The molecule has 12 nitrogen and oxygen atoms in total. The number of hydrogen-bond acceptors (Lipinski definition) is 9. The number of carbonyl (C=O) groups excluding carboxylic acids is 3. The zero-order valence-electron chi connectivity index (χ0n) is 35.7. The SMILES string of the molecule is CCCCCCCCCCCCCCN(C(=O)n1cnc2c(NC(=O)CCSCCCCCC)ncnc21)c1cccc2c(O)c(C(=O)Nc3ccccc3OC)ccc12. The van der Waals surface area contributed by atoms with E-state index in [1.807, 2.05) is 12.1 Å². The van der Waals surface area contributed by atoms with Crippen LogP contribution in [0.3, 0.4) is 0 Å². The predicted molar refractivity (Wildman–Crippen MR) is 246 cm³/mol. The van der Waals surface area contributed by atoms with E-state index < -0.39 is 5.91 Å². The summed E-state index contributed by atoms with van der Waals surface area (Å²) in [4.78, 5) is 56.0. The lowest BCUT2D eigenvalue weighted by molar-refractivity contribution is -0.115. The molecule has 0 fully saturated rings. The molecular weight excluding hydrogens is 775 g/mol. The van der Waals surface area contributed by atoms with Crippen LogP contribution in [0.2, 0.25) is 0 Å². The van der Waals surface area contributed by atoms with Crippen molar-refractivity contribution in [1.82, 2.24) is 19.5 Å². The number of nitrogens with one attached hydrogen (secondary N) is 2. The number of phenolic OH excluding ortho intramolecular Hbond substituents is 1. The van der Waals surface area contributed by atoms with Gasteiger partial charge in [0.2, 0.25) is 5.91 Å². The Hall–Kier alpha value is -5.17. The van der Waals surface area contributed by atoms with Crippen molar-refractivity contribution in [3.8, 4) is 11.5 Å². The first-order valence-corrected chi connectivity index (χ1v) is 23.1. The molecule has 3 aromatic carbocycles. The Balaban J connectivity index is 1.34. The molecule has 0 aliphatic carbocycles. The summed E-state index contributed by atoms with van der Waals surface area (Å²) in [6.45, 7) is 4.84. The fourth-order valence-corrected chi connectivity index (χ4v) is 8.34. The maximum atomic E-state index is 14.7. The number of para-hydroxylation sites is 2. The summed E-state index contributed by atoms with van der Waals surface area (Å²) in [6.07, 6.45) is 22.1. The molecule has 0 atom stereocenters. The minimum atomic E-state index is -0.498. The number of ether oxygens (including phenoxy) is 1. The second-order valence-electron chi connectivity index (χ2n) is 15.3. The lowest BCUT2D eigenvalue weighted by Gasteiger charge is -2.25. The van der Waals surface area contributed by atoms with E-state index in [1.165, 1.54) is 95.0 Å². The van der Waals surface area contributed by atoms with E-state index in [4.69, 9.17) is 4.74 Å². The molecule has 0 aliphatic rings. The van der Waals surface area contributed by atoms with Crippen LogP contribution in [-0.4, -0.2) is 67.6 Å². The second-order valence-corrected chi connectivity index (χ2v) is 16.5. The van der Waals surface area contributed by atoms with E-state index in [0.717, 1.165) is 37.9 Å². The van der Waals surface area contributed by atoms with Crippen LogP contribution in [0.1, 0.15) is 133 Å². The Kier molecular flexibility index (Phi) is 19.0. The second kappa shape index (κ2) is 24.8. The van der Waals surface area contributed by atoms with Crippen LogP contribution in [0.25, 0.3) is 21.9 Å². The van der Waals surface area contributed by atoms with Crippen molar-refractivity contribution < 1.29 is 24.2 Å². The lowest BCUT2D eigenvalue weighted by atomic mass is 10.0. The number of methoxy groups -OCH3 is 1.